The quantitative estimate of drug-likeness (QED) is 0.628. The average Bonchev–Trinajstić information content (AvgIpc) is 2.78. The second kappa shape index (κ2) is 4.95. The van der Waals surface area contributed by atoms with Gasteiger partial charge in [-0.3, -0.25) is 19.6 Å². The van der Waals surface area contributed by atoms with Crippen molar-refractivity contribution >= 4 is 17.1 Å². The van der Waals surface area contributed by atoms with Gasteiger partial charge in [0, 0.05) is 6.42 Å². The molecule has 20 heavy (non-hydrogen) atoms. The number of carbonyl (C=O) groups is 1. The Bertz CT molecular complexity index is 751. The third-order valence-electron chi connectivity index (χ3n) is 3.75. The summed E-state index contributed by atoms with van der Waals surface area (Å²) in [6, 6.07) is 0. The monoisotopic (exact) mass is 280 g/mol. The molecule has 0 saturated carbocycles. The lowest BCUT2D eigenvalue weighted by Crippen LogP contribution is -2.32. The summed E-state index contributed by atoms with van der Waals surface area (Å²) in [5.41, 5.74) is -1.86. The second-order valence-electron chi connectivity index (χ2n) is 4.78. The zero-order valence-electron chi connectivity index (χ0n) is 11.2. The molecule has 0 aromatic carbocycles. The van der Waals surface area contributed by atoms with E-state index in [9.17, 15) is 19.5 Å². The number of nitrogens with zero attached hydrogens (tertiary/aromatic N) is 1. The molecule has 0 saturated heterocycles. The van der Waals surface area contributed by atoms with E-state index in [4.69, 9.17) is 0 Å². The van der Waals surface area contributed by atoms with Crippen LogP contribution in [0.1, 0.15) is 32.5 Å². The van der Waals surface area contributed by atoms with E-state index in [0.717, 1.165) is 0 Å². The molecule has 8 heteroatoms. The molecule has 0 aliphatic rings. The van der Waals surface area contributed by atoms with Crippen LogP contribution < -0.4 is 11.2 Å². The molecule has 0 unspecified atom stereocenters. The molecule has 2 rings (SSSR count). The number of hydrogen-bond acceptors (Lipinski definition) is 4. The molecule has 108 valence electrons. The highest BCUT2D eigenvalue weighted by Crippen LogP contribution is 2.30. The van der Waals surface area contributed by atoms with E-state index in [2.05, 4.69) is 19.9 Å². The van der Waals surface area contributed by atoms with Crippen molar-refractivity contribution in [3.8, 4) is 0 Å². The first-order chi connectivity index (χ1) is 9.41. The highest BCUT2D eigenvalue weighted by atomic mass is 16.4. The first kappa shape index (κ1) is 14.0. The minimum Gasteiger partial charge on any atom is -0.481 e. The van der Waals surface area contributed by atoms with Gasteiger partial charge in [-0.2, -0.15) is 0 Å². The molecule has 2 aromatic rings. The fraction of sp³-hybridized carbons (Fsp3) is 0.500. The smallest absolute Gasteiger partial charge is 0.327 e. The summed E-state index contributed by atoms with van der Waals surface area (Å²) >= 11 is 0. The number of carboxylic acids is 1. The predicted octanol–water partition coefficient (Wildman–Crippen LogP) is 0.373. The maximum atomic E-state index is 11.6. The first-order valence-corrected chi connectivity index (χ1v) is 6.36. The summed E-state index contributed by atoms with van der Waals surface area (Å²) in [4.78, 5) is 45.6. The maximum Gasteiger partial charge on any atom is 0.327 e. The Hall–Kier alpha value is -2.38. The SMILES string of the molecule is CCC(CC)(Cc1nc2[nH]c(=O)[nH]c(=O)c2[nH]1)C(=O)O. The van der Waals surface area contributed by atoms with Crippen LogP contribution in [0.3, 0.4) is 0 Å². The van der Waals surface area contributed by atoms with Crippen molar-refractivity contribution < 1.29 is 9.90 Å². The normalized spacial score (nSPS) is 11.9. The molecule has 2 aromatic heterocycles. The van der Waals surface area contributed by atoms with E-state index in [-0.39, 0.29) is 17.6 Å². The molecule has 0 amide bonds. The topological polar surface area (TPSA) is 132 Å². The molecular formula is C12H16N4O4. The Balaban J connectivity index is 2.49. The van der Waals surface area contributed by atoms with Gasteiger partial charge in [-0.05, 0) is 12.8 Å². The number of aromatic amines is 3. The van der Waals surface area contributed by atoms with Crippen molar-refractivity contribution in [3.63, 3.8) is 0 Å². The Morgan fingerprint density at radius 3 is 2.40 bits per heavy atom. The van der Waals surface area contributed by atoms with Crippen molar-refractivity contribution in [2.24, 2.45) is 5.41 Å². The molecule has 0 bridgehead atoms. The van der Waals surface area contributed by atoms with Crippen LogP contribution >= 0.6 is 0 Å². The standard InChI is InChI=1S/C12H16N4O4/c1-3-12(4-2,10(18)19)5-6-13-7-8(14-6)15-11(20)16-9(7)17/h3-5H2,1-2H3,(H,18,19)(H3,13,14,15,16,17,20). The summed E-state index contributed by atoms with van der Waals surface area (Å²) in [6.07, 6.45) is 1.07. The number of aliphatic carboxylic acids is 1. The lowest BCUT2D eigenvalue weighted by molar-refractivity contribution is -0.149. The fourth-order valence-corrected chi connectivity index (χ4v) is 2.26. The molecule has 0 spiro atoms. The van der Waals surface area contributed by atoms with Gasteiger partial charge in [0.15, 0.2) is 5.65 Å². The van der Waals surface area contributed by atoms with Gasteiger partial charge >= 0.3 is 11.7 Å². The second-order valence-corrected chi connectivity index (χ2v) is 4.78. The first-order valence-electron chi connectivity index (χ1n) is 6.36. The van der Waals surface area contributed by atoms with E-state index in [1.165, 1.54) is 0 Å². The summed E-state index contributed by atoms with van der Waals surface area (Å²) < 4.78 is 0. The number of aromatic nitrogens is 4. The van der Waals surface area contributed by atoms with Crippen molar-refractivity contribution in [2.45, 2.75) is 33.1 Å². The van der Waals surface area contributed by atoms with E-state index in [1.807, 2.05) is 0 Å². The minimum absolute atomic E-state index is 0.139. The average molecular weight is 280 g/mol. The predicted molar refractivity (Wildman–Crippen MR) is 71.7 cm³/mol. The number of H-pyrrole nitrogens is 3. The number of imidazole rings is 1. The van der Waals surface area contributed by atoms with Gasteiger partial charge in [-0.1, -0.05) is 13.8 Å². The highest BCUT2D eigenvalue weighted by Gasteiger charge is 2.36. The van der Waals surface area contributed by atoms with Crippen LogP contribution in [0.2, 0.25) is 0 Å². The largest absolute Gasteiger partial charge is 0.481 e. The van der Waals surface area contributed by atoms with Crippen LogP contribution in [-0.2, 0) is 11.2 Å². The van der Waals surface area contributed by atoms with Crippen molar-refractivity contribution in [3.05, 3.63) is 26.7 Å². The summed E-state index contributed by atoms with van der Waals surface area (Å²) in [5.74, 6) is -0.524. The summed E-state index contributed by atoms with van der Waals surface area (Å²) in [6.45, 7) is 3.60. The van der Waals surface area contributed by atoms with Gasteiger partial charge in [0.1, 0.15) is 11.3 Å². The highest BCUT2D eigenvalue weighted by molar-refractivity contribution is 5.75. The number of fused-ring (bicyclic) bond motifs is 1. The number of nitrogens with one attached hydrogen (secondary N) is 3. The minimum atomic E-state index is -0.930. The molecule has 0 atom stereocenters. The lowest BCUT2D eigenvalue weighted by Gasteiger charge is -2.25. The van der Waals surface area contributed by atoms with Gasteiger partial charge in [0.25, 0.3) is 5.56 Å². The Morgan fingerprint density at radius 2 is 1.85 bits per heavy atom. The third-order valence-corrected chi connectivity index (χ3v) is 3.75. The van der Waals surface area contributed by atoms with Gasteiger partial charge in [0.2, 0.25) is 0 Å². The van der Waals surface area contributed by atoms with Crippen LogP contribution in [0.15, 0.2) is 9.59 Å². The van der Waals surface area contributed by atoms with Crippen molar-refractivity contribution in [1.82, 2.24) is 19.9 Å². The van der Waals surface area contributed by atoms with Crippen molar-refractivity contribution in [2.75, 3.05) is 0 Å². The Morgan fingerprint density at radius 1 is 1.20 bits per heavy atom. The van der Waals surface area contributed by atoms with Crippen molar-refractivity contribution in [1.29, 1.82) is 0 Å². The molecule has 0 aliphatic heterocycles. The maximum absolute atomic E-state index is 11.6. The van der Waals surface area contributed by atoms with E-state index >= 15 is 0 Å². The molecule has 2 heterocycles. The molecular weight excluding hydrogens is 264 g/mol. The molecule has 0 aliphatic carbocycles. The fourth-order valence-electron chi connectivity index (χ4n) is 2.26. The van der Waals surface area contributed by atoms with Crippen LogP contribution in [0.25, 0.3) is 11.2 Å². The van der Waals surface area contributed by atoms with E-state index < -0.39 is 22.6 Å². The van der Waals surface area contributed by atoms with Gasteiger partial charge in [-0.25, -0.2) is 9.78 Å². The van der Waals surface area contributed by atoms with Gasteiger partial charge in [-0.15, -0.1) is 0 Å². The summed E-state index contributed by atoms with van der Waals surface area (Å²) in [5, 5.41) is 9.39. The van der Waals surface area contributed by atoms with Gasteiger partial charge < -0.3 is 10.1 Å². The number of hydrogen-bond donors (Lipinski definition) is 4. The van der Waals surface area contributed by atoms with Gasteiger partial charge in [0.05, 0.1) is 5.41 Å². The summed E-state index contributed by atoms with van der Waals surface area (Å²) in [7, 11) is 0. The molecule has 0 radical (unpaired) electrons. The zero-order chi connectivity index (χ0) is 14.9. The van der Waals surface area contributed by atoms with E-state index in [1.54, 1.807) is 13.8 Å². The van der Waals surface area contributed by atoms with Crippen LogP contribution in [0.5, 0.6) is 0 Å². The number of carboxylic acid groups (broad SMARTS) is 1. The van der Waals surface area contributed by atoms with Crippen LogP contribution in [0.4, 0.5) is 0 Å². The zero-order valence-corrected chi connectivity index (χ0v) is 11.2. The molecule has 4 N–H and O–H groups in total. The molecule has 0 fully saturated rings. The molecule has 8 nitrogen and oxygen atoms in total. The lowest BCUT2D eigenvalue weighted by atomic mass is 9.79. The van der Waals surface area contributed by atoms with Crippen LogP contribution in [-0.4, -0.2) is 31.0 Å². The number of rotatable bonds is 5. The Labute approximate surface area is 113 Å². The third kappa shape index (κ3) is 2.24. The van der Waals surface area contributed by atoms with E-state index in [0.29, 0.717) is 18.7 Å². The van der Waals surface area contributed by atoms with Crippen LogP contribution in [0, 0.1) is 5.41 Å². The Kier molecular flexibility index (Phi) is 3.47.